The van der Waals surface area contributed by atoms with Crippen molar-refractivity contribution in [2.24, 2.45) is 5.92 Å². The fourth-order valence-corrected chi connectivity index (χ4v) is 5.11. The lowest BCUT2D eigenvalue weighted by Crippen LogP contribution is -2.43. The molecule has 1 amide bonds. The van der Waals surface area contributed by atoms with Crippen molar-refractivity contribution in [3.63, 3.8) is 0 Å². The second kappa shape index (κ2) is 6.82. The van der Waals surface area contributed by atoms with Gasteiger partial charge in [-0.05, 0) is 37.8 Å². The van der Waals surface area contributed by atoms with Crippen LogP contribution in [0.5, 0.6) is 0 Å². The molecule has 122 valence electrons. The molecule has 1 aromatic rings. The van der Waals surface area contributed by atoms with Gasteiger partial charge in [0, 0.05) is 18.7 Å². The smallest absolute Gasteiger partial charge is 0.253 e. The van der Waals surface area contributed by atoms with Crippen LogP contribution in [-0.2, 0) is 9.84 Å². The Balaban J connectivity index is 1.99. The average molecular weight is 323 g/mol. The second-order valence-electron chi connectivity index (χ2n) is 6.58. The van der Waals surface area contributed by atoms with Gasteiger partial charge in [-0.3, -0.25) is 4.79 Å². The maximum atomic E-state index is 12.5. The van der Waals surface area contributed by atoms with Crippen molar-refractivity contribution in [1.82, 2.24) is 4.90 Å². The molecule has 5 heteroatoms. The molecule has 4 nitrogen and oxygen atoms in total. The standard InChI is InChI=1S/C17H25NO3S/c1-13(2)12-22(20,21)16-7-9-18(10-8-16)17(19)15-6-4-5-14(3)11-15/h4-6,11,13,16H,7-10,12H2,1-3H3. The van der Waals surface area contributed by atoms with E-state index in [-0.39, 0.29) is 22.8 Å². The van der Waals surface area contributed by atoms with Crippen LogP contribution in [0.15, 0.2) is 24.3 Å². The van der Waals surface area contributed by atoms with Crippen molar-refractivity contribution in [3.05, 3.63) is 35.4 Å². The fraction of sp³-hybridized carbons (Fsp3) is 0.588. The zero-order valence-electron chi connectivity index (χ0n) is 13.6. The lowest BCUT2D eigenvalue weighted by Gasteiger charge is -2.32. The number of carbonyl (C=O) groups is 1. The van der Waals surface area contributed by atoms with Crippen LogP contribution in [0.4, 0.5) is 0 Å². The summed E-state index contributed by atoms with van der Waals surface area (Å²) in [5, 5.41) is -0.295. The number of carbonyl (C=O) groups excluding carboxylic acids is 1. The van der Waals surface area contributed by atoms with Gasteiger partial charge in [-0.25, -0.2) is 8.42 Å². The molecule has 1 aromatic carbocycles. The molecule has 1 saturated heterocycles. The predicted octanol–water partition coefficient (Wildman–Crippen LogP) is 2.67. The van der Waals surface area contributed by atoms with Crippen molar-refractivity contribution in [2.75, 3.05) is 18.8 Å². The fourth-order valence-electron chi connectivity index (χ4n) is 2.98. The van der Waals surface area contributed by atoms with Crippen molar-refractivity contribution in [1.29, 1.82) is 0 Å². The Morgan fingerprint density at radius 2 is 1.91 bits per heavy atom. The van der Waals surface area contributed by atoms with Gasteiger partial charge < -0.3 is 4.90 Å². The number of amides is 1. The maximum Gasteiger partial charge on any atom is 0.253 e. The minimum Gasteiger partial charge on any atom is -0.339 e. The third-order valence-corrected chi connectivity index (χ3v) is 6.69. The minimum absolute atomic E-state index is 0.00316. The Hall–Kier alpha value is -1.36. The molecule has 0 N–H and O–H groups in total. The quantitative estimate of drug-likeness (QED) is 0.856. The van der Waals surface area contributed by atoms with E-state index in [9.17, 15) is 13.2 Å². The Bertz CT molecular complexity index is 629. The third kappa shape index (κ3) is 4.09. The Morgan fingerprint density at radius 3 is 2.45 bits per heavy atom. The summed E-state index contributed by atoms with van der Waals surface area (Å²) >= 11 is 0. The molecule has 1 aliphatic heterocycles. The van der Waals surface area contributed by atoms with Gasteiger partial charge in [-0.15, -0.1) is 0 Å². The molecule has 1 aliphatic rings. The van der Waals surface area contributed by atoms with Crippen LogP contribution >= 0.6 is 0 Å². The molecule has 0 radical (unpaired) electrons. The molecule has 0 unspecified atom stereocenters. The molecule has 0 saturated carbocycles. The lowest BCUT2D eigenvalue weighted by molar-refractivity contribution is 0.0725. The highest BCUT2D eigenvalue weighted by Gasteiger charge is 2.32. The van der Waals surface area contributed by atoms with Crippen molar-refractivity contribution in [2.45, 2.75) is 38.9 Å². The number of aryl methyl sites for hydroxylation is 1. The number of benzene rings is 1. The summed E-state index contributed by atoms with van der Waals surface area (Å²) in [6.07, 6.45) is 1.10. The zero-order valence-corrected chi connectivity index (χ0v) is 14.4. The first kappa shape index (κ1) is 17.0. The molecule has 0 spiro atoms. The molecule has 2 rings (SSSR count). The van der Waals surface area contributed by atoms with Crippen LogP contribution in [0.3, 0.4) is 0 Å². The monoisotopic (exact) mass is 323 g/mol. The highest BCUT2D eigenvalue weighted by molar-refractivity contribution is 7.92. The second-order valence-corrected chi connectivity index (χ2v) is 8.91. The number of likely N-dealkylation sites (tertiary alicyclic amines) is 1. The summed E-state index contributed by atoms with van der Waals surface area (Å²) in [6, 6.07) is 7.53. The van der Waals surface area contributed by atoms with Crippen LogP contribution < -0.4 is 0 Å². The van der Waals surface area contributed by atoms with E-state index in [0.717, 1.165) is 5.56 Å². The summed E-state index contributed by atoms with van der Waals surface area (Å²) in [7, 11) is -3.04. The normalized spacial score (nSPS) is 17.0. The highest BCUT2D eigenvalue weighted by Crippen LogP contribution is 2.21. The number of hydrogen-bond donors (Lipinski definition) is 0. The molecular formula is C17H25NO3S. The first-order valence-electron chi connectivity index (χ1n) is 7.87. The topological polar surface area (TPSA) is 54.5 Å². The molecule has 0 aliphatic carbocycles. The van der Waals surface area contributed by atoms with Crippen LogP contribution in [-0.4, -0.2) is 43.3 Å². The van der Waals surface area contributed by atoms with Crippen LogP contribution in [0, 0.1) is 12.8 Å². The van der Waals surface area contributed by atoms with Gasteiger partial charge in [0.1, 0.15) is 0 Å². The predicted molar refractivity (Wildman–Crippen MR) is 88.7 cm³/mol. The van der Waals surface area contributed by atoms with Crippen LogP contribution in [0.2, 0.25) is 0 Å². The molecule has 0 bridgehead atoms. The Kier molecular flexibility index (Phi) is 5.27. The van der Waals surface area contributed by atoms with E-state index < -0.39 is 9.84 Å². The first-order valence-corrected chi connectivity index (χ1v) is 9.58. The van der Waals surface area contributed by atoms with Crippen molar-refractivity contribution in [3.8, 4) is 0 Å². The van der Waals surface area contributed by atoms with E-state index in [1.54, 1.807) is 4.90 Å². The van der Waals surface area contributed by atoms with E-state index in [4.69, 9.17) is 0 Å². The van der Waals surface area contributed by atoms with Crippen LogP contribution in [0.1, 0.15) is 42.6 Å². The minimum atomic E-state index is -3.04. The van der Waals surface area contributed by atoms with Gasteiger partial charge in [-0.1, -0.05) is 31.5 Å². The summed E-state index contributed by atoms with van der Waals surface area (Å²) in [5.41, 5.74) is 1.74. The molecule has 1 heterocycles. The number of piperidine rings is 1. The summed E-state index contributed by atoms with van der Waals surface area (Å²) in [5.74, 6) is 0.393. The van der Waals surface area contributed by atoms with E-state index in [1.165, 1.54) is 0 Å². The molecule has 0 aromatic heterocycles. The van der Waals surface area contributed by atoms with Crippen molar-refractivity contribution < 1.29 is 13.2 Å². The summed E-state index contributed by atoms with van der Waals surface area (Å²) in [4.78, 5) is 14.2. The van der Waals surface area contributed by atoms with Gasteiger partial charge in [0.2, 0.25) is 0 Å². The first-order chi connectivity index (χ1) is 10.3. The van der Waals surface area contributed by atoms with Gasteiger partial charge in [0.15, 0.2) is 9.84 Å². The Labute approximate surface area is 133 Å². The maximum absolute atomic E-state index is 12.5. The van der Waals surface area contributed by atoms with Crippen molar-refractivity contribution >= 4 is 15.7 Å². The highest BCUT2D eigenvalue weighted by atomic mass is 32.2. The average Bonchev–Trinajstić information content (AvgIpc) is 2.45. The SMILES string of the molecule is Cc1cccc(C(=O)N2CCC(S(=O)(=O)CC(C)C)CC2)c1. The molecule has 22 heavy (non-hydrogen) atoms. The van der Waals surface area contributed by atoms with Crippen LogP contribution in [0.25, 0.3) is 0 Å². The van der Waals surface area contributed by atoms with Gasteiger partial charge >= 0.3 is 0 Å². The number of sulfone groups is 1. The Morgan fingerprint density at radius 1 is 1.27 bits per heavy atom. The van der Waals surface area contributed by atoms with E-state index in [1.807, 2.05) is 45.0 Å². The lowest BCUT2D eigenvalue weighted by atomic mass is 10.1. The number of hydrogen-bond acceptors (Lipinski definition) is 3. The summed E-state index contributed by atoms with van der Waals surface area (Å²) < 4.78 is 24.6. The zero-order chi connectivity index (χ0) is 16.3. The number of nitrogens with zero attached hydrogens (tertiary/aromatic N) is 1. The van der Waals surface area contributed by atoms with Gasteiger partial charge in [0.25, 0.3) is 5.91 Å². The van der Waals surface area contributed by atoms with Gasteiger partial charge in [0.05, 0.1) is 11.0 Å². The third-order valence-electron chi connectivity index (χ3n) is 4.07. The molecule has 0 atom stereocenters. The summed E-state index contributed by atoms with van der Waals surface area (Å²) in [6.45, 7) is 6.85. The van der Waals surface area contributed by atoms with E-state index in [2.05, 4.69) is 0 Å². The molecule has 1 fully saturated rings. The van der Waals surface area contributed by atoms with E-state index >= 15 is 0 Å². The largest absolute Gasteiger partial charge is 0.339 e. The number of rotatable bonds is 4. The van der Waals surface area contributed by atoms with E-state index in [0.29, 0.717) is 31.5 Å². The van der Waals surface area contributed by atoms with Gasteiger partial charge in [-0.2, -0.15) is 0 Å². The molecular weight excluding hydrogens is 298 g/mol.